The van der Waals surface area contributed by atoms with E-state index in [1.165, 1.54) is 74.0 Å². The first-order valence-corrected chi connectivity index (χ1v) is 37.8. The van der Waals surface area contributed by atoms with Crippen molar-refractivity contribution in [1.29, 1.82) is 0 Å². The molecule has 12 heteroatoms. The molecule has 12 fully saturated rings. The summed E-state index contributed by atoms with van der Waals surface area (Å²) in [6, 6.07) is 3.47. The molecule has 0 aromatic carbocycles. The Morgan fingerprint density at radius 3 is 1.56 bits per heavy atom. The minimum atomic E-state index is -1.97. The zero-order valence-corrected chi connectivity index (χ0v) is 58.8. The van der Waals surface area contributed by atoms with E-state index in [0.29, 0.717) is 68.5 Å². The van der Waals surface area contributed by atoms with Gasteiger partial charge in [0, 0.05) is 39.0 Å². The Labute approximate surface area is 525 Å². The number of nitrogens with zero attached hydrogens (tertiary/aromatic N) is 2. The molecule has 2 aliphatic heterocycles. The molecule has 12 rings (SSSR count). The van der Waals surface area contributed by atoms with E-state index < -0.39 is 20.5 Å². The fourth-order valence-corrected chi connectivity index (χ4v) is 29.2. The van der Waals surface area contributed by atoms with Gasteiger partial charge in [0.15, 0.2) is 14.4 Å². The third-order valence-corrected chi connectivity index (χ3v) is 36.1. The second-order valence-electron chi connectivity index (χ2n) is 35.4. The van der Waals surface area contributed by atoms with Gasteiger partial charge in [0.1, 0.15) is 6.10 Å². The highest BCUT2D eigenvalue weighted by Crippen LogP contribution is 2.91. The Bertz CT molecular complexity index is 2560. The van der Waals surface area contributed by atoms with Gasteiger partial charge in [-0.2, -0.15) is 0 Å². The average molecular weight is 1220 g/mol. The lowest BCUT2D eigenvalue weighted by Crippen LogP contribution is -2.60. The maximum atomic E-state index is 12.9. The molecule has 2 saturated heterocycles. The monoisotopic (exact) mass is 1220 g/mol. The van der Waals surface area contributed by atoms with Crippen molar-refractivity contribution < 1.29 is 43.2 Å². The summed E-state index contributed by atoms with van der Waals surface area (Å²) in [4.78, 5) is 28.4. The Morgan fingerprint density at radius 1 is 0.605 bits per heavy atom. The minimum Gasteiger partial charge on any atom is -0.443 e. The topological polar surface area (TPSA) is 127 Å². The first-order valence-electron chi connectivity index (χ1n) is 35.3. The highest BCUT2D eigenvalue weighted by Gasteiger charge is 2.87. The molecule has 0 unspecified atom stereocenters. The van der Waals surface area contributed by atoms with Gasteiger partial charge in [-0.1, -0.05) is 125 Å². The number of hydrogen-bond acceptors (Lipinski definition) is 9. The summed E-state index contributed by atoms with van der Waals surface area (Å²) < 4.78 is 34.3. The molecule has 4 spiro atoms. The van der Waals surface area contributed by atoms with Gasteiger partial charge in [-0.15, -0.1) is 0 Å². The van der Waals surface area contributed by atoms with Gasteiger partial charge >= 0.3 is 12.2 Å². The summed E-state index contributed by atoms with van der Waals surface area (Å²) in [7, 11) is 4.96. The summed E-state index contributed by atoms with van der Waals surface area (Å²) in [5.74, 6) is 5.14. The Balaban J connectivity index is 0.000000191. The van der Waals surface area contributed by atoms with Crippen LogP contribution in [0, 0.1) is 113 Å². The third kappa shape index (κ3) is 8.82. The van der Waals surface area contributed by atoms with E-state index in [-0.39, 0.29) is 95.3 Å². The van der Waals surface area contributed by atoms with Gasteiger partial charge in [0.25, 0.3) is 0 Å². The van der Waals surface area contributed by atoms with E-state index in [1.807, 2.05) is 6.92 Å². The zero-order valence-electron chi connectivity index (χ0n) is 57.8. The van der Waals surface area contributed by atoms with Crippen molar-refractivity contribution in [2.24, 2.45) is 113 Å². The molecule has 0 aromatic rings. The molecular weight excluding hydrogens is 1090 g/mol. The average Bonchev–Trinajstić information content (AvgIpc) is 1.47. The number of hydrogen-bond donors (Lipinski definition) is 2. The maximum Gasteiger partial charge on any atom is 0.409 e. The van der Waals surface area contributed by atoms with Crippen molar-refractivity contribution in [2.75, 3.05) is 28.2 Å². The number of ether oxygens (including phenoxy) is 4. The molecule has 11 nitrogen and oxygen atoms in total. The van der Waals surface area contributed by atoms with E-state index in [1.54, 1.807) is 28.2 Å². The van der Waals surface area contributed by atoms with Crippen LogP contribution in [0.2, 0.25) is 18.1 Å². The molecule has 12 aliphatic rings. The predicted octanol–water partition coefficient (Wildman–Crippen LogP) is 16.6. The predicted molar refractivity (Wildman–Crippen MR) is 348 cm³/mol. The van der Waals surface area contributed by atoms with Crippen molar-refractivity contribution in [3.8, 4) is 0 Å². The van der Waals surface area contributed by atoms with Crippen LogP contribution in [0.5, 0.6) is 0 Å². The highest BCUT2D eigenvalue weighted by molar-refractivity contribution is 6.73. The van der Waals surface area contributed by atoms with E-state index >= 15 is 0 Å². The molecule has 26 atom stereocenters. The second-order valence-corrected chi connectivity index (χ2v) is 40.1. The molecule has 10 saturated carbocycles. The van der Waals surface area contributed by atoms with E-state index in [2.05, 4.69) is 117 Å². The minimum absolute atomic E-state index is 0. The Morgan fingerprint density at radius 2 is 1.05 bits per heavy atom. The van der Waals surface area contributed by atoms with Crippen molar-refractivity contribution in [1.82, 2.24) is 9.80 Å². The third-order valence-electron chi connectivity index (χ3n) is 31.5. The number of aliphatic hydroxyl groups excluding tert-OH is 2. The van der Waals surface area contributed by atoms with Crippen molar-refractivity contribution >= 4 is 20.5 Å². The Hall–Kier alpha value is -1.70. The molecule has 2 heterocycles. The quantitative estimate of drug-likeness (QED) is 0.154. The van der Waals surface area contributed by atoms with Gasteiger partial charge in [0.2, 0.25) is 0 Å². The lowest BCUT2D eigenvalue weighted by molar-refractivity contribution is -0.185. The molecule has 2 N–H and O–H groups in total. The maximum absolute atomic E-state index is 12.9. The number of rotatable bonds is 11. The van der Waals surface area contributed by atoms with Crippen LogP contribution < -0.4 is 0 Å². The van der Waals surface area contributed by atoms with Gasteiger partial charge in [0.05, 0.1) is 42.7 Å². The van der Waals surface area contributed by atoms with Crippen LogP contribution in [0.3, 0.4) is 0 Å². The standard InChI is InChI=1S/C40H69NO4Si.C33H55NO5.CH4/c1-14-46(15-2,16-3)45-34-33-31(26(6)23-28(43-33)32(25(4)5)44-35(42)41(12)13)37(10)21-22-40-24-39(40)20-19-27(7)36(8,9)29(39)17-18-30(40)38(34,37)11;1-18(2)25(39-28(37)34(8)9)20-16-19(3)24-26(38-20)27(36)31(7)22-11-10-21-29(4,5)23(35)12-13-32(21)17-33(22,32)15-14-30(24,31)6;/h26-34H,4,14-24H2,1-3,5-13H3;18-27,35-36H,10-17H2,1-9H3;1H4/t26-,27+,28-,29+,30+,31+,32-,33+,34+,37-,38-,39-,40+;19-,20-,21+,22+,23+,24+,25-,26+,27+,30-,31-,32-,33+;/m11./s1. The summed E-state index contributed by atoms with van der Waals surface area (Å²) in [6.07, 6.45) is 16.9. The largest absolute Gasteiger partial charge is 0.443 e. The molecule has 2 amide bonds. The van der Waals surface area contributed by atoms with Crippen molar-refractivity contribution in [3.63, 3.8) is 0 Å². The van der Waals surface area contributed by atoms with Gasteiger partial charge in [-0.25, -0.2) is 9.59 Å². The van der Waals surface area contributed by atoms with Crippen LogP contribution in [0.25, 0.3) is 0 Å². The summed E-state index contributed by atoms with van der Waals surface area (Å²) >= 11 is 0. The lowest BCUT2D eigenvalue weighted by atomic mass is 9.41. The number of carbonyl (C=O) groups excluding carboxylic acids is 2. The van der Waals surface area contributed by atoms with Crippen LogP contribution in [0.4, 0.5) is 9.59 Å². The van der Waals surface area contributed by atoms with Crippen LogP contribution in [0.1, 0.15) is 228 Å². The fraction of sp³-hybridized carbons (Fsp3) is 0.946. The van der Waals surface area contributed by atoms with Gasteiger partial charge in [-0.3, -0.25) is 0 Å². The summed E-state index contributed by atoms with van der Waals surface area (Å²) in [5, 5.41) is 23.4. The van der Waals surface area contributed by atoms with Crippen molar-refractivity contribution in [3.05, 3.63) is 12.2 Å². The summed E-state index contributed by atoms with van der Waals surface area (Å²) in [5.41, 5.74) is 2.94. The van der Waals surface area contributed by atoms with Crippen molar-refractivity contribution in [2.45, 2.75) is 301 Å². The summed E-state index contributed by atoms with van der Waals surface area (Å²) in [6.45, 7) is 45.1. The second kappa shape index (κ2) is 22.0. The molecular formula is C74H128N2O9Si. The number of amides is 2. The molecule has 492 valence electrons. The normalized spacial score (nSPS) is 50.0. The van der Waals surface area contributed by atoms with E-state index in [9.17, 15) is 19.8 Å². The lowest BCUT2D eigenvalue weighted by Gasteiger charge is -2.64. The zero-order chi connectivity index (χ0) is 62.3. The number of fused-ring (bicyclic) bond motifs is 8. The van der Waals surface area contributed by atoms with E-state index in [0.717, 1.165) is 74.1 Å². The number of carbonyl (C=O) groups is 2. The molecule has 86 heavy (non-hydrogen) atoms. The first-order chi connectivity index (χ1) is 39.5. The molecule has 0 aromatic heterocycles. The molecule has 0 bridgehead atoms. The SMILES string of the molecule is C.C=C(C)[C@@H](OC(=O)N(C)C)[C@H]1C[C@@H](C)[C@H]2[C@H](O1)[C@H](O[Si](CC)(CC)CC)[C@@]1(C)[C@@H]3CC[C@H]4C(C)(C)[C@@H](C)CC[C@@]45C[C@@]35CC[C@]21C.CC(C)[C@@H](OC(=O)N(C)C)[C@H]1C[C@@H](C)[C@H]2[C@H](O1)[C@H](O)[C@@]1(C)[C@@H]3CC[C@H]4C(C)(C)[C@@H](O)CC[C@@]45C[C@@]35CC[C@]21C. The van der Waals surface area contributed by atoms with E-state index in [4.69, 9.17) is 23.4 Å². The first kappa shape index (κ1) is 67.2. The Kier molecular flexibility index (Phi) is 17.2. The van der Waals surface area contributed by atoms with Gasteiger partial charge in [-0.05, 0) is 236 Å². The highest BCUT2D eigenvalue weighted by atomic mass is 28.4. The molecule has 0 radical (unpaired) electrons. The van der Waals surface area contributed by atoms with Crippen LogP contribution in [-0.2, 0) is 23.4 Å². The molecule has 10 aliphatic carbocycles. The number of aliphatic hydroxyl groups is 2. The fourth-order valence-electron chi connectivity index (χ4n) is 26.2. The van der Waals surface area contributed by atoms with Gasteiger partial charge < -0.3 is 43.4 Å². The smallest absolute Gasteiger partial charge is 0.409 e. The van der Waals surface area contributed by atoms with Crippen LogP contribution in [-0.4, -0.2) is 124 Å². The van der Waals surface area contributed by atoms with Crippen LogP contribution in [0.15, 0.2) is 12.2 Å². The van der Waals surface area contributed by atoms with Crippen LogP contribution >= 0.6 is 0 Å².